The van der Waals surface area contributed by atoms with Gasteiger partial charge in [-0.2, -0.15) is 0 Å². The maximum Gasteiger partial charge on any atom is 0.251 e. The average molecular weight is 408 g/mol. The second-order valence-electron chi connectivity index (χ2n) is 8.61. The topological polar surface area (TPSA) is 61.4 Å². The van der Waals surface area contributed by atoms with Crippen molar-refractivity contribution in [3.8, 4) is 0 Å². The van der Waals surface area contributed by atoms with Gasteiger partial charge in [-0.1, -0.05) is 56.3 Å². The molecule has 2 aromatic rings. The standard InChI is InChI=1S/C25H33N3O2/c1-19-14-20(2)17-28(16-19)18-22-10-8-21(9-11-22)15-27-24(29)12-13-26-25(30)23-6-4-3-5-7-23/h3-11,19-20H,12-18H2,1-2H3,(H,26,30)(H,27,29)/t19-,20-/m0/s1. The van der Waals surface area contributed by atoms with Gasteiger partial charge in [-0.25, -0.2) is 0 Å². The highest BCUT2D eigenvalue weighted by Crippen LogP contribution is 2.22. The van der Waals surface area contributed by atoms with Gasteiger partial charge < -0.3 is 10.6 Å². The molecular weight excluding hydrogens is 374 g/mol. The van der Waals surface area contributed by atoms with Crippen LogP contribution in [0.25, 0.3) is 0 Å². The molecule has 0 radical (unpaired) electrons. The quantitative estimate of drug-likeness (QED) is 0.703. The number of nitrogens with zero attached hydrogens (tertiary/aromatic N) is 1. The number of nitrogens with one attached hydrogen (secondary N) is 2. The minimum atomic E-state index is -0.156. The first-order valence-electron chi connectivity index (χ1n) is 10.9. The first-order valence-corrected chi connectivity index (χ1v) is 10.9. The second-order valence-corrected chi connectivity index (χ2v) is 8.61. The van der Waals surface area contributed by atoms with Crippen molar-refractivity contribution in [2.75, 3.05) is 19.6 Å². The van der Waals surface area contributed by atoms with Crippen molar-refractivity contribution >= 4 is 11.8 Å². The summed E-state index contributed by atoms with van der Waals surface area (Å²) in [7, 11) is 0. The van der Waals surface area contributed by atoms with Crippen LogP contribution < -0.4 is 10.6 Å². The summed E-state index contributed by atoms with van der Waals surface area (Å²) in [6, 6.07) is 17.5. The van der Waals surface area contributed by atoms with Gasteiger partial charge in [0.25, 0.3) is 5.91 Å². The maximum absolute atomic E-state index is 12.1. The summed E-state index contributed by atoms with van der Waals surface area (Å²) in [5.41, 5.74) is 3.00. The number of piperidine rings is 1. The Morgan fingerprint density at radius 2 is 1.53 bits per heavy atom. The summed E-state index contributed by atoms with van der Waals surface area (Å²) in [4.78, 5) is 26.6. The zero-order valence-corrected chi connectivity index (χ0v) is 18.1. The number of benzene rings is 2. The van der Waals surface area contributed by atoms with Crippen molar-refractivity contribution in [2.45, 2.75) is 39.8 Å². The van der Waals surface area contributed by atoms with E-state index >= 15 is 0 Å². The first-order chi connectivity index (χ1) is 14.5. The normalized spacial score (nSPS) is 19.3. The fraction of sp³-hybridized carbons (Fsp3) is 0.440. The highest BCUT2D eigenvalue weighted by Gasteiger charge is 2.21. The van der Waals surface area contributed by atoms with Gasteiger partial charge in [0.1, 0.15) is 0 Å². The summed E-state index contributed by atoms with van der Waals surface area (Å²) in [6.45, 7) is 8.83. The third-order valence-electron chi connectivity index (χ3n) is 5.54. The Hall–Kier alpha value is -2.66. The molecule has 0 aromatic heterocycles. The van der Waals surface area contributed by atoms with E-state index in [1.54, 1.807) is 12.1 Å². The molecule has 2 atom stereocenters. The monoisotopic (exact) mass is 407 g/mol. The summed E-state index contributed by atoms with van der Waals surface area (Å²) < 4.78 is 0. The zero-order valence-electron chi connectivity index (χ0n) is 18.1. The Kier molecular flexibility index (Phi) is 8.03. The molecule has 2 aromatic carbocycles. The van der Waals surface area contributed by atoms with Gasteiger partial charge in [0.05, 0.1) is 0 Å². The average Bonchev–Trinajstić information content (AvgIpc) is 2.73. The Bertz CT molecular complexity index is 810. The van der Waals surface area contributed by atoms with Gasteiger partial charge in [-0.3, -0.25) is 14.5 Å². The zero-order chi connectivity index (χ0) is 21.3. The van der Waals surface area contributed by atoms with Crippen LogP contribution in [-0.2, 0) is 17.9 Å². The van der Waals surface area contributed by atoms with Crippen LogP contribution in [0.5, 0.6) is 0 Å². The Labute approximate surface area is 179 Å². The van der Waals surface area contributed by atoms with Crippen molar-refractivity contribution in [1.29, 1.82) is 0 Å². The van der Waals surface area contributed by atoms with E-state index in [0.29, 0.717) is 18.7 Å². The van der Waals surface area contributed by atoms with E-state index in [9.17, 15) is 9.59 Å². The molecule has 0 spiro atoms. The van der Waals surface area contributed by atoms with Gasteiger partial charge in [0, 0.05) is 44.7 Å². The van der Waals surface area contributed by atoms with Crippen molar-refractivity contribution in [1.82, 2.24) is 15.5 Å². The molecule has 1 aliphatic heterocycles. The highest BCUT2D eigenvalue weighted by atomic mass is 16.2. The molecule has 5 heteroatoms. The van der Waals surface area contributed by atoms with Gasteiger partial charge in [-0.15, -0.1) is 0 Å². The molecular formula is C25H33N3O2. The Morgan fingerprint density at radius 1 is 0.900 bits per heavy atom. The fourth-order valence-electron chi connectivity index (χ4n) is 4.21. The lowest BCUT2D eigenvalue weighted by Crippen LogP contribution is -2.38. The minimum absolute atomic E-state index is 0.0660. The van der Waals surface area contributed by atoms with E-state index in [-0.39, 0.29) is 18.2 Å². The van der Waals surface area contributed by atoms with Crippen LogP contribution in [-0.4, -0.2) is 36.3 Å². The summed E-state index contributed by atoms with van der Waals surface area (Å²) in [5, 5.41) is 5.70. The maximum atomic E-state index is 12.1. The van der Waals surface area contributed by atoms with Gasteiger partial charge in [0.15, 0.2) is 0 Å². The Morgan fingerprint density at radius 3 is 2.20 bits per heavy atom. The molecule has 3 rings (SSSR count). The lowest BCUT2D eigenvalue weighted by atomic mass is 9.91. The largest absolute Gasteiger partial charge is 0.352 e. The number of carbonyl (C=O) groups is 2. The molecule has 30 heavy (non-hydrogen) atoms. The van der Waals surface area contributed by atoms with E-state index in [0.717, 1.165) is 23.9 Å². The van der Waals surface area contributed by atoms with Crippen LogP contribution in [0.4, 0.5) is 0 Å². The molecule has 2 amide bonds. The molecule has 0 aliphatic carbocycles. The van der Waals surface area contributed by atoms with Crippen molar-refractivity contribution < 1.29 is 9.59 Å². The third kappa shape index (κ3) is 6.99. The molecule has 1 saturated heterocycles. The van der Waals surface area contributed by atoms with E-state index in [4.69, 9.17) is 0 Å². The van der Waals surface area contributed by atoms with Crippen LogP contribution in [0.1, 0.15) is 48.2 Å². The lowest BCUT2D eigenvalue weighted by Gasteiger charge is -2.35. The van der Waals surface area contributed by atoms with E-state index in [2.05, 4.69) is 53.6 Å². The number of likely N-dealkylation sites (tertiary alicyclic amines) is 1. The minimum Gasteiger partial charge on any atom is -0.352 e. The SMILES string of the molecule is C[C@H]1C[C@H](C)CN(Cc2ccc(CNC(=O)CCNC(=O)c3ccccc3)cc2)C1. The molecule has 0 saturated carbocycles. The molecule has 5 nitrogen and oxygen atoms in total. The van der Waals surface area contributed by atoms with Crippen LogP contribution in [0.3, 0.4) is 0 Å². The predicted octanol–water partition coefficient (Wildman–Crippen LogP) is 3.60. The van der Waals surface area contributed by atoms with E-state index < -0.39 is 0 Å². The summed E-state index contributed by atoms with van der Waals surface area (Å²) in [5.74, 6) is 1.31. The van der Waals surface area contributed by atoms with Gasteiger partial charge in [-0.05, 0) is 41.5 Å². The molecule has 0 bridgehead atoms. The molecule has 1 heterocycles. The van der Waals surface area contributed by atoms with Crippen molar-refractivity contribution in [2.24, 2.45) is 11.8 Å². The second kappa shape index (κ2) is 10.9. The molecule has 0 unspecified atom stereocenters. The number of rotatable bonds is 8. The van der Waals surface area contributed by atoms with Crippen molar-refractivity contribution in [3.05, 3.63) is 71.3 Å². The summed E-state index contributed by atoms with van der Waals surface area (Å²) in [6.07, 6.45) is 1.59. The predicted molar refractivity (Wildman–Crippen MR) is 120 cm³/mol. The van der Waals surface area contributed by atoms with E-state index in [1.165, 1.54) is 25.1 Å². The summed E-state index contributed by atoms with van der Waals surface area (Å²) >= 11 is 0. The number of hydrogen-bond acceptors (Lipinski definition) is 3. The van der Waals surface area contributed by atoms with Crippen LogP contribution >= 0.6 is 0 Å². The molecule has 1 fully saturated rings. The number of carbonyl (C=O) groups excluding carboxylic acids is 2. The first kappa shape index (κ1) is 22.0. The Balaban J connectivity index is 1.36. The highest BCUT2D eigenvalue weighted by molar-refractivity contribution is 5.94. The number of hydrogen-bond donors (Lipinski definition) is 2. The smallest absolute Gasteiger partial charge is 0.251 e. The third-order valence-corrected chi connectivity index (χ3v) is 5.54. The molecule has 2 N–H and O–H groups in total. The lowest BCUT2D eigenvalue weighted by molar-refractivity contribution is -0.121. The van der Waals surface area contributed by atoms with E-state index in [1.807, 2.05) is 18.2 Å². The molecule has 160 valence electrons. The molecule has 1 aliphatic rings. The van der Waals surface area contributed by atoms with Crippen molar-refractivity contribution in [3.63, 3.8) is 0 Å². The fourth-order valence-corrected chi connectivity index (χ4v) is 4.21. The van der Waals surface area contributed by atoms with Crippen LogP contribution in [0.15, 0.2) is 54.6 Å². The van der Waals surface area contributed by atoms with Crippen LogP contribution in [0.2, 0.25) is 0 Å². The number of amides is 2. The van der Waals surface area contributed by atoms with Gasteiger partial charge in [0.2, 0.25) is 5.91 Å². The van der Waals surface area contributed by atoms with Crippen LogP contribution in [0, 0.1) is 11.8 Å². The van der Waals surface area contributed by atoms with Gasteiger partial charge >= 0.3 is 0 Å².